The first-order valence-corrected chi connectivity index (χ1v) is 15.5. The number of ether oxygens (including phenoxy) is 1. The van der Waals surface area contributed by atoms with Gasteiger partial charge in [0.15, 0.2) is 28.4 Å². The molecule has 0 spiro atoms. The fraction of sp³-hybridized carbons (Fsp3) is 0.333. The third-order valence-corrected chi connectivity index (χ3v) is 7.65. The maximum absolute atomic E-state index is 12.3. The summed E-state index contributed by atoms with van der Waals surface area (Å²) in [4.78, 5) is 22.1. The summed E-state index contributed by atoms with van der Waals surface area (Å²) in [7, 11) is 0. The smallest absolute Gasteiger partial charge is 0.280 e. The Balaban J connectivity index is 1.10. The number of anilines is 2. The second kappa shape index (κ2) is 17.1. The van der Waals surface area contributed by atoms with Gasteiger partial charge < -0.3 is 26.6 Å². The Morgan fingerprint density at radius 2 is 1.69 bits per heavy atom. The second-order valence-corrected chi connectivity index (χ2v) is 11.0. The van der Waals surface area contributed by atoms with Gasteiger partial charge in [0.05, 0.1) is 6.61 Å². The molecule has 238 valence electrons. The number of nitrogens with two attached hydrogens (primary N) is 2. The molecule has 0 fully saturated rings. The third-order valence-electron chi connectivity index (χ3n) is 7.37. The van der Waals surface area contributed by atoms with Crippen LogP contribution in [0.2, 0.25) is 5.15 Å². The molecule has 45 heavy (non-hydrogen) atoms. The van der Waals surface area contributed by atoms with Gasteiger partial charge in [-0.05, 0) is 72.7 Å². The first-order valence-electron chi connectivity index (χ1n) is 15.1. The number of aliphatic hydroxyl groups is 1. The van der Waals surface area contributed by atoms with E-state index in [0.717, 1.165) is 50.9 Å². The maximum atomic E-state index is 12.3. The molecule has 0 aliphatic carbocycles. The summed E-state index contributed by atoms with van der Waals surface area (Å²) in [5.74, 6) is -0.276. The molecule has 0 saturated heterocycles. The molecule has 0 saturated carbocycles. The molecule has 0 aliphatic rings. The van der Waals surface area contributed by atoms with E-state index < -0.39 is 5.91 Å². The van der Waals surface area contributed by atoms with Crippen LogP contribution in [0.4, 0.5) is 11.6 Å². The molecule has 4 aromatic rings. The van der Waals surface area contributed by atoms with E-state index in [2.05, 4.69) is 80.1 Å². The molecule has 3 aromatic carbocycles. The molecule has 12 heteroatoms. The second-order valence-electron chi connectivity index (χ2n) is 10.6. The molecule has 4 rings (SSSR count). The molecule has 1 heterocycles. The van der Waals surface area contributed by atoms with E-state index in [0.29, 0.717) is 19.7 Å². The summed E-state index contributed by atoms with van der Waals surface area (Å²) in [5, 5.41) is 25.2. The first-order chi connectivity index (χ1) is 21.8. The summed E-state index contributed by atoms with van der Waals surface area (Å²) in [6.07, 6.45) is 4.57. The van der Waals surface area contributed by atoms with Crippen molar-refractivity contribution in [3.8, 4) is 5.75 Å². The molecule has 1 aromatic heterocycles. The number of halogens is 1. The number of guanidine groups is 1. The summed E-state index contributed by atoms with van der Waals surface area (Å²) >= 11 is 5.81. The number of benzene rings is 3. The molecule has 0 unspecified atom stereocenters. The number of hydrogen-bond acceptors (Lipinski definition) is 9. The van der Waals surface area contributed by atoms with Gasteiger partial charge in [0.1, 0.15) is 12.4 Å². The average molecular weight is 633 g/mol. The highest BCUT2D eigenvalue weighted by Gasteiger charge is 2.17. The van der Waals surface area contributed by atoms with E-state index in [1.54, 1.807) is 0 Å². The Morgan fingerprint density at radius 1 is 0.911 bits per heavy atom. The van der Waals surface area contributed by atoms with Gasteiger partial charge in [0.2, 0.25) is 0 Å². The highest BCUT2D eigenvalue weighted by atomic mass is 35.5. The number of hydrogen-bond donors (Lipinski definition) is 6. The largest absolute Gasteiger partial charge is 0.492 e. The molecule has 8 N–H and O–H groups in total. The molecule has 1 amide bonds. The number of aromatic nitrogens is 2. The van der Waals surface area contributed by atoms with E-state index in [9.17, 15) is 9.90 Å². The van der Waals surface area contributed by atoms with Crippen LogP contribution in [0.25, 0.3) is 10.8 Å². The number of carbonyl (C=O) groups is 1. The zero-order valence-electron chi connectivity index (χ0n) is 25.3. The predicted molar refractivity (Wildman–Crippen MR) is 180 cm³/mol. The van der Waals surface area contributed by atoms with E-state index >= 15 is 0 Å². The standard InChI is InChI=1S/C33H41ClN8O3/c34-29-31(36)40-30(35)28(39-29)32(44)41-33(37)38-17-4-3-7-23-13-15-26(16-14-23)45-22-20-42(19-21-43)18-6-11-25-10-5-9-24-8-1-2-12-27(24)25/h1-2,5,8-10,12-16,43H,3-4,6-7,11,17-22H2,(H4,35,36,40)(H3,37,38,41,44). The quantitative estimate of drug-likeness (QED) is 0.0605. The minimum absolute atomic E-state index is 0.0680. The van der Waals surface area contributed by atoms with E-state index in [1.807, 2.05) is 12.1 Å². The third kappa shape index (κ3) is 10.3. The summed E-state index contributed by atoms with van der Waals surface area (Å²) in [5.41, 5.74) is 13.6. The number of nitrogens with zero attached hydrogens (tertiary/aromatic N) is 3. The van der Waals surface area contributed by atoms with Gasteiger partial charge in [0.25, 0.3) is 5.91 Å². The topological polar surface area (TPSA) is 176 Å². The van der Waals surface area contributed by atoms with Crippen molar-refractivity contribution in [1.82, 2.24) is 25.5 Å². The molecule has 0 atom stereocenters. The van der Waals surface area contributed by atoms with Gasteiger partial charge in [-0.3, -0.25) is 20.4 Å². The van der Waals surface area contributed by atoms with Crippen LogP contribution < -0.4 is 26.8 Å². The average Bonchev–Trinajstić information content (AvgIpc) is 3.03. The monoisotopic (exact) mass is 632 g/mol. The Labute approximate surface area is 268 Å². The fourth-order valence-corrected chi connectivity index (χ4v) is 5.15. The molecule has 11 nitrogen and oxygen atoms in total. The van der Waals surface area contributed by atoms with Crippen LogP contribution in [-0.4, -0.2) is 71.2 Å². The van der Waals surface area contributed by atoms with Gasteiger partial charge in [-0.1, -0.05) is 66.2 Å². The van der Waals surface area contributed by atoms with E-state index in [-0.39, 0.29) is 35.0 Å². The van der Waals surface area contributed by atoms with E-state index in [4.69, 9.17) is 33.2 Å². The number of nitrogens with one attached hydrogen (secondary N) is 3. The summed E-state index contributed by atoms with van der Waals surface area (Å²) < 4.78 is 5.99. The highest BCUT2D eigenvalue weighted by Crippen LogP contribution is 2.20. The van der Waals surface area contributed by atoms with Crippen molar-refractivity contribution in [3.63, 3.8) is 0 Å². The van der Waals surface area contributed by atoms with Crippen LogP contribution in [0.5, 0.6) is 5.75 Å². The lowest BCUT2D eigenvalue weighted by Gasteiger charge is -2.21. The normalized spacial score (nSPS) is 11.1. The van der Waals surface area contributed by atoms with Gasteiger partial charge in [-0.15, -0.1) is 0 Å². The number of rotatable bonds is 16. The minimum atomic E-state index is -0.695. The number of aliphatic hydroxyl groups excluding tert-OH is 1. The Morgan fingerprint density at radius 3 is 2.49 bits per heavy atom. The van der Waals surface area contributed by atoms with Crippen molar-refractivity contribution >= 4 is 45.9 Å². The maximum Gasteiger partial charge on any atom is 0.280 e. The number of aryl methyl sites for hydroxylation is 2. The van der Waals surface area contributed by atoms with Crippen molar-refractivity contribution in [3.05, 3.63) is 88.7 Å². The fourth-order valence-electron chi connectivity index (χ4n) is 5.02. The Kier molecular flexibility index (Phi) is 12.7. The van der Waals surface area contributed by atoms with Gasteiger partial charge in [-0.25, -0.2) is 9.97 Å². The van der Waals surface area contributed by atoms with Crippen LogP contribution in [0.3, 0.4) is 0 Å². The molecule has 0 aliphatic heterocycles. The lowest BCUT2D eigenvalue weighted by molar-refractivity contribution is 0.0971. The van der Waals surface area contributed by atoms with Crippen molar-refractivity contribution in [2.45, 2.75) is 32.1 Å². The number of amides is 1. The zero-order valence-corrected chi connectivity index (χ0v) is 26.0. The van der Waals surface area contributed by atoms with Crippen molar-refractivity contribution in [1.29, 1.82) is 5.41 Å². The Hall–Kier alpha value is -4.45. The summed E-state index contributed by atoms with van der Waals surface area (Å²) in [6.45, 7) is 3.45. The number of carbonyl (C=O) groups excluding carboxylic acids is 1. The SMILES string of the molecule is N=C(NCCCCc1ccc(OCCN(CCO)CCCc2cccc3ccccc23)cc1)NC(=O)c1nc(Cl)c(N)nc1N. The lowest BCUT2D eigenvalue weighted by atomic mass is 10.0. The Bertz CT molecular complexity index is 1560. The predicted octanol–water partition coefficient (Wildman–Crippen LogP) is 4.03. The molecular weight excluding hydrogens is 592 g/mol. The van der Waals surface area contributed by atoms with E-state index in [1.165, 1.54) is 21.9 Å². The summed E-state index contributed by atoms with van der Waals surface area (Å²) in [6, 6.07) is 23.0. The van der Waals surface area contributed by atoms with Crippen LogP contribution >= 0.6 is 11.6 Å². The van der Waals surface area contributed by atoms with Crippen molar-refractivity contribution in [2.24, 2.45) is 0 Å². The van der Waals surface area contributed by atoms with Gasteiger partial charge in [-0.2, -0.15) is 0 Å². The van der Waals surface area contributed by atoms with Gasteiger partial charge >= 0.3 is 0 Å². The number of nitrogen functional groups attached to an aromatic ring is 2. The zero-order chi connectivity index (χ0) is 32.0. The van der Waals surface area contributed by atoms with Crippen LogP contribution in [0, 0.1) is 5.41 Å². The van der Waals surface area contributed by atoms with Gasteiger partial charge in [0, 0.05) is 19.6 Å². The first kappa shape index (κ1) is 33.4. The minimum Gasteiger partial charge on any atom is -0.492 e. The number of fused-ring (bicyclic) bond motifs is 1. The molecule has 0 radical (unpaired) electrons. The number of unbranched alkanes of at least 4 members (excludes halogenated alkanes) is 1. The van der Waals surface area contributed by atoms with Crippen molar-refractivity contribution in [2.75, 3.05) is 50.9 Å². The lowest BCUT2D eigenvalue weighted by Crippen LogP contribution is -2.41. The highest BCUT2D eigenvalue weighted by molar-refractivity contribution is 6.31. The molecule has 0 bridgehead atoms. The van der Waals surface area contributed by atoms with Crippen LogP contribution in [0.15, 0.2) is 66.7 Å². The van der Waals surface area contributed by atoms with Crippen LogP contribution in [0.1, 0.15) is 40.9 Å². The van der Waals surface area contributed by atoms with Crippen molar-refractivity contribution < 1.29 is 14.6 Å². The molecular formula is C33H41ClN8O3. The van der Waals surface area contributed by atoms with Crippen LogP contribution in [-0.2, 0) is 12.8 Å².